The zero-order valence-electron chi connectivity index (χ0n) is 72.8. The number of para-hydroxylation sites is 6. The van der Waals surface area contributed by atoms with Crippen LogP contribution in [0.5, 0.6) is 46.0 Å². The van der Waals surface area contributed by atoms with E-state index in [1.165, 1.54) is 161 Å². The van der Waals surface area contributed by atoms with E-state index in [0.717, 1.165) is 185 Å². The number of carbonyl (C=O) groups excluding carboxylic acids is 3. The van der Waals surface area contributed by atoms with Gasteiger partial charge in [0.1, 0.15) is 46.0 Å². The van der Waals surface area contributed by atoms with E-state index < -0.39 is 18.0 Å². The molecule has 14 bridgehead atoms. The number of carbonyl (C=O) groups is 3. The zero-order valence-corrected chi connectivity index (χ0v) is 72.8. The number of benzene rings is 11. The van der Waals surface area contributed by atoms with E-state index in [9.17, 15) is 5.11 Å². The number of hydrogen-bond donors (Lipinski definition) is 1. The molecule has 16 aliphatic rings. The van der Waals surface area contributed by atoms with E-state index in [-0.39, 0.29) is 22.2 Å². The molecule has 3 atom stereocenters. The van der Waals surface area contributed by atoms with Gasteiger partial charge < -0.3 is 24.1 Å². The molecule has 11 aromatic carbocycles. The Labute approximate surface area is 725 Å². The molecule has 123 heavy (non-hydrogen) atoms. The van der Waals surface area contributed by atoms with Gasteiger partial charge in [0.15, 0.2) is 6.23 Å². The molecule has 14 fully saturated rings. The van der Waals surface area contributed by atoms with Gasteiger partial charge in [0.25, 0.3) is 17.7 Å². The van der Waals surface area contributed by atoms with Crippen LogP contribution in [0, 0.1) is 115 Å². The molecule has 14 saturated carbocycles. The summed E-state index contributed by atoms with van der Waals surface area (Å²) in [7, 11) is 0. The van der Waals surface area contributed by atoms with Crippen LogP contribution in [0.1, 0.15) is 280 Å². The van der Waals surface area contributed by atoms with E-state index in [1.807, 2.05) is 97.1 Å². The van der Waals surface area contributed by atoms with Crippen molar-refractivity contribution in [3.8, 4) is 46.0 Å². The van der Waals surface area contributed by atoms with Crippen LogP contribution in [0.4, 0.5) is 11.4 Å². The summed E-state index contributed by atoms with van der Waals surface area (Å²) in [6.45, 7) is 8.21. The average molecular weight is 1630 g/mol. The Morgan fingerprint density at radius 1 is 0.325 bits per heavy atom. The molecule has 2 aliphatic heterocycles. The molecule has 14 aliphatic carbocycles. The van der Waals surface area contributed by atoms with Crippen molar-refractivity contribution in [2.75, 3.05) is 9.80 Å². The Morgan fingerprint density at radius 2 is 0.650 bits per heavy atom. The van der Waals surface area contributed by atoms with Crippen LogP contribution in [0.15, 0.2) is 158 Å². The van der Waals surface area contributed by atoms with E-state index in [1.54, 1.807) is 9.80 Å². The lowest BCUT2D eigenvalue weighted by Crippen LogP contribution is -2.46. The summed E-state index contributed by atoms with van der Waals surface area (Å²) in [5.41, 5.74) is 11.8. The number of amides is 3. The van der Waals surface area contributed by atoms with Gasteiger partial charge in [-0.05, 0) is 394 Å². The quantitative estimate of drug-likeness (QED) is 0.0275. The van der Waals surface area contributed by atoms with Crippen LogP contribution >= 0.6 is 0 Å². The van der Waals surface area contributed by atoms with Gasteiger partial charge >= 0.3 is 0 Å². The molecular weight excluding hydrogens is 1510 g/mol. The first-order chi connectivity index (χ1) is 60.0. The molecule has 10 nitrogen and oxygen atoms in total. The standard InChI is InChI=1S/C113H120N2O8/c1-65-18-5-11-30-89(65)120-93-52-85-97-86(108(117)114(107(85)116)105-81(25-10-9-22-69-40-70-23-15-24-71(41-69)42-70)26-16-27-82(105)34-37-111-56-72-43-73(57-111)45-74(44-72)58-111)53-94(121-90-31-12-6-19-66(90)2)100-102-96(123-92-33-14-8-21-68(92)4)55-88-98-87(54-95(101(104(98)102)99(93)103(97)100)122-91-32-13-7-20-67(91)3)109(118)115(110(88)119)106-83(35-38-112-59-75-46-76(60-112)48-77(47-75)61-112)28-17-29-84(106)36-39-113-62-78-49-79(63-113)51-80(50-78)64-113/h5-8,11-14,16-21,26-33,52-55,69-80,107,116H,9-10,15,22-25,34-51,56-64H2,1-4H3. The van der Waals surface area contributed by atoms with Crippen molar-refractivity contribution in [3.63, 3.8) is 0 Å². The summed E-state index contributed by atoms with van der Waals surface area (Å²) >= 11 is 0. The van der Waals surface area contributed by atoms with E-state index in [2.05, 4.69) is 88.4 Å². The molecular formula is C113H120N2O8. The molecule has 3 unspecified atom stereocenters. The summed E-state index contributed by atoms with van der Waals surface area (Å²) in [6, 6.07) is 53.5. The first-order valence-electron chi connectivity index (χ1n) is 48.4. The largest absolute Gasteiger partial charge is 0.456 e. The number of imide groups is 1. The fourth-order valence-electron chi connectivity index (χ4n) is 31.1. The molecule has 11 aromatic rings. The molecule has 27 rings (SSSR count). The van der Waals surface area contributed by atoms with Crippen LogP contribution in [0.2, 0.25) is 0 Å². The summed E-state index contributed by atoms with van der Waals surface area (Å²) in [5.74, 6) is 12.4. The van der Waals surface area contributed by atoms with Gasteiger partial charge in [-0.25, -0.2) is 4.90 Å². The molecule has 1 N–H and O–H groups in total. The fraction of sp³-hybridized carbons (Fsp3) is 0.478. The Hall–Kier alpha value is -9.51. The number of ether oxygens (including phenoxy) is 4. The number of aliphatic hydroxyl groups is 1. The number of unbranched alkanes of at least 4 members (excludes halogenated alkanes) is 1. The Kier molecular flexibility index (Phi) is 18.7. The molecule has 0 radical (unpaired) electrons. The maximum absolute atomic E-state index is 17.6. The van der Waals surface area contributed by atoms with Crippen molar-refractivity contribution in [2.45, 2.75) is 252 Å². The third-order valence-corrected chi connectivity index (χ3v) is 35.0. The average Bonchev–Trinajstić information content (AvgIpc) is 0.667. The third-order valence-electron chi connectivity index (χ3n) is 35.0. The maximum atomic E-state index is 17.6. The van der Waals surface area contributed by atoms with Gasteiger partial charge in [-0.15, -0.1) is 0 Å². The predicted octanol–water partition coefficient (Wildman–Crippen LogP) is 29.0. The zero-order chi connectivity index (χ0) is 82.5. The summed E-state index contributed by atoms with van der Waals surface area (Å²) in [5, 5.41) is 19.0. The lowest BCUT2D eigenvalue weighted by Gasteiger charge is -2.57. The molecule has 0 spiro atoms. The number of aryl methyl sites for hydroxylation is 8. The smallest absolute Gasteiger partial charge is 0.266 e. The van der Waals surface area contributed by atoms with Gasteiger partial charge in [0.05, 0.1) is 28.1 Å². The van der Waals surface area contributed by atoms with Crippen molar-refractivity contribution in [3.05, 3.63) is 224 Å². The van der Waals surface area contributed by atoms with Crippen molar-refractivity contribution < 1.29 is 38.4 Å². The van der Waals surface area contributed by atoms with Crippen molar-refractivity contribution >= 4 is 72.2 Å². The number of nitrogens with zero attached hydrogens (tertiary/aromatic N) is 2. The highest BCUT2D eigenvalue weighted by Gasteiger charge is 2.55. The highest BCUT2D eigenvalue weighted by molar-refractivity contribution is 6.46. The van der Waals surface area contributed by atoms with Gasteiger partial charge in [-0.2, -0.15) is 0 Å². The summed E-state index contributed by atoms with van der Waals surface area (Å²) in [4.78, 5) is 56.1. The topological polar surface area (TPSA) is 115 Å². The highest BCUT2D eigenvalue weighted by atomic mass is 16.5. The second-order valence-electron chi connectivity index (χ2n) is 43.3. The van der Waals surface area contributed by atoms with Gasteiger partial charge in [0, 0.05) is 48.7 Å². The van der Waals surface area contributed by atoms with Gasteiger partial charge in [-0.3, -0.25) is 19.3 Å². The monoisotopic (exact) mass is 1630 g/mol. The fourth-order valence-corrected chi connectivity index (χ4v) is 31.1. The maximum Gasteiger partial charge on any atom is 0.266 e. The minimum Gasteiger partial charge on any atom is -0.456 e. The number of anilines is 2. The van der Waals surface area contributed by atoms with Crippen LogP contribution in [0.25, 0.3) is 43.1 Å². The molecule has 0 saturated heterocycles. The Bertz CT molecular complexity index is 5830. The minimum absolute atomic E-state index is 0.252. The van der Waals surface area contributed by atoms with E-state index in [4.69, 9.17) is 18.9 Å². The van der Waals surface area contributed by atoms with Crippen molar-refractivity contribution in [1.29, 1.82) is 0 Å². The molecule has 10 heteroatoms. The van der Waals surface area contributed by atoms with E-state index in [0.29, 0.717) is 111 Å². The van der Waals surface area contributed by atoms with Gasteiger partial charge in [0.2, 0.25) is 0 Å². The SMILES string of the molecule is Cc1ccccc1Oc1cc2c3c(cc(Oc4ccccc4C)c4c5c(Oc6ccccc6C)cc6c7c(cc(Oc8ccccc8C)c(c1c34)c75)C(=O)N(c1c(CCCCC3CC4CCCC(C3)C4)cccc1CCC13CC4CC(CC(C4)C1)C3)C6O)C(=O)N(c1c(CCC34CC5CC(CC(C5)C3)C4)cccc1CCC13CC4CC(CC(C4)C1)C3)C2=O. The number of aliphatic hydroxyl groups excluding tert-OH is 1. The highest BCUT2D eigenvalue weighted by Crippen LogP contribution is 2.67. The van der Waals surface area contributed by atoms with Crippen molar-refractivity contribution in [2.24, 2.45) is 87.3 Å². The first kappa shape index (κ1) is 77.1. The predicted molar refractivity (Wildman–Crippen MR) is 491 cm³/mol. The normalized spacial score (nSPS) is 29.7. The second kappa shape index (κ2) is 29.8. The minimum atomic E-state index is -1.49. The Morgan fingerprint density at radius 3 is 1.02 bits per heavy atom. The number of hydrogen-bond acceptors (Lipinski definition) is 8. The van der Waals surface area contributed by atoms with Crippen LogP contribution in [-0.2, 0) is 25.7 Å². The number of fused-ring (bicyclic) bond motifs is 4. The van der Waals surface area contributed by atoms with Crippen LogP contribution in [0.3, 0.4) is 0 Å². The molecule has 2 heterocycles. The van der Waals surface area contributed by atoms with Crippen LogP contribution < -0.4 is 28.7 Å². The van der Waals surface area contributed by atoms with Crippen LogP contribution in [-0.4, -0.2) is 22.8 Å². The Balaban J connectivity index is 0.738. The lowest BCUT2D eigenvalue weighted by atomic mass is 9.48. The van der Waals surface area contributed by atoms with Crippen molar-refractivity contribution in [1.82, 2.24) is 0 Å². The molecule has 3 amide bonds. The van der Waals surface area contributed by atoms with Gasteiger partial charge in [-0.1, -0.05) is 141 Å². The first-order valence-corrected chi connectivity index (χ1v) is 48.4. The number of rotatable bonds is 24. The lowest BCUT2D eigenvalue weighted by molar-refractivity contribution is -0.0571. The summed E-state index contributed by atoms with van der Waals surface area (Å²) < 4.78 is 30.9. The molecule has 630 valence electrons. The third kappa shape index (κ3) is 13.2. The van der Waals surface area contributed by atoms with E-state index >= 15 is 14.4 Å². The second-order valence-corrected chi connectivity index (χ2v) is 43.3. The molecule has 0 aromatic heterocycles. The summed E-state index contributed by atoms with van der Waals surface area (Å²) in [6.07, 6.45) is 40.2.